The summed E-state index contributed by atoms with van der Waals surface area (Å²) in [5.41, 5.74) is 0.517. The number of nitrogens with zero attached hydrogens (tertiary/aromatic N) is 2. The minimum Gasteiger partial charge on any atom is -0.345 e. The van der Waals surface area contributed by atoms with Crippen LogP contribution in [0.5, 0.6) is 0 Å². The van der Waals surface area contributed by atoms with Crippen molar-refractivity contribution in [3.8, 4) is 0 Å². The fraction of sp³-hybridized carbons (Fsp3) is 0.231. The Balaban J connectivity index is 2.09. The zero-order chi connectivity index (χ0) is 13.1. The number of halogens is 1. The molecule has 0 aliphatic rings. The maximum atomic E-state index is 13.7. The van der Waals surface area contributed by atoms with Crippen LogP contribution in [-0.4, -0.2) is 15.5 Å². The van der Waals surface area contributed by atoms with E-state index in [4.69, 9.17) is 0 Å². The van der Waals surface area contributed by atoms with Gasteiger partial charge in [0.25, 0.3) is 5.91 Å². The number of hydrogen-bond acceptors (Lipinski definition) is 2. The highest BCUT2D eigenvalue weighted by atomic mass is 19.1. The van der Waals surface area contributed by atoms with Crippen molar-refractivity contribution in [3.63, 3.8) is 0 Å². The molecule has 1 aromatic heterocycles. The van der Waals surface area contributed by atoms with Crippen LogP contribution in [0.3, 0.4) is 0 Å². The molecule has 0 atom stereocenters. The van der Waals surface area contributed by atoms with Gasteiger partial charge in [-0.05, 0) is 18.6 Å². The molecule has 4 nitrogen and oxygen atoms in total. The molecule has 0 saturated heterocycles. The molecular formula is C13H14FN3O. The van der Waals surface area contributed by atoms with Crippen molar-refractivity contribution in [2.24, 2.45) is 7.05 Å². The Labute approximate surface area is 104 Å². The predicted octanol–water partition coefficient (Wildman–Crippen LogP) is 1.80. The zero-order valence-electron chi connectivity index (χ0n) is 10.3. The highest BCUT2D eigenvalue weighted by molar-refractivity contribution is 5.94. The number of aryl methyl sites for hydroxylation is 2. The number of hydrogen-bond donors (Lipinski definition) is 1. The third-order valence-corrected chi connectivity index (χ3v) is 2.76. The van der Waals surface area contributed by atoms with Crippen molar-refractivity contribution in [1.82, 2.24) is 14.9 Å². The van der Waals surface area contributed by atoms with Crippen LogP contribution in [0.15, 0.2) is 30.6 Å². The van der Waals surface area contributed by atoms with Crippen LogP contribution in [0.25, 0.3) is 0 Å². The summed E-state index contributed by atoms with van der Waals surface area (Å²) in [6.07, 6.45) is 3.43. The molecule has 1 aromatic carbocycles. The predicted molar refractivity (Wildman–Crippen MR) is 65.5 cm³/mol. The highest BCUT2D eigenvalue weighted by Gasteiger charge is 2.13. The van der Waals surface area contributed by atoms with E-state index in [1.165, 1.54) is 6.07 Å². The molecule has 0 aliphatic heterocycles. The molecule has 1 N–H and O–H groups in total. The summed E-state index contributed by atoms with van der Waals surface area (Å²) in [7, 11) is 1.84. The monoisotopic (exact) mass is 247 g/mol. The average molecular weight is 247 g/mol. The van der Waals surface area contributed by atoms with E-state index < -0.39 is 11.7 Å². The van der Waals surface area contributed by atoms with Crippen LogP contribution < -0.4 is 5.32 Å². The number of rotatable bonds is 3. The van der Waals surface area contributed by atoms with Crippen LogP contribution >= 0.6 is 0 Å². The normalized spacial score (nSPS) is 10.4. The van der Waals surface area contributed by atoms with Crippen molar-refractivity contribution in [2.75, 3.05) is 0 Å². The Morgan fingerprint density at radius 2 is 2.28 bits per heavy atom. The lowest BCUT2D eigenvalue weighted by molar-refractivity contribution is 0.0945. The molecule has 1 heterocycles. The van der Waals surface area contributed by atoms with Crippen LogP contribution in [-0.2, 0) is 13.6 Å². The molecule has 0 bridgehead atoms. The standard InChI is InChI=1S/C13H14FN3O/c1-9-4-3-5-10(12(9)14)13(18)16-8-11-15-6-7-17(11)2/h3-7H,8H2,1-2H3,(H,16,18). The molecule has 0 spiro atoms. The third kappa shape index (κ3) is 2.40. The Kier molecular flexibility index (Phi) is 3.41. The molecule has 0 radical (unpaired) electrons. The Morgan fingerprint density at radius 1 is 1.50 bits per heavy atom. The topological polar surface area (TPSA) is 46.9 Å². The summed E-state index contributed by atoms with van der Waals surface area (Å²) in [6.45, 7) is 1.90. The molecular weight excluding hydrogens is 233 g/mol. The lowest BCUT2D eigenvalue weighted by Gasteiger charge is -2.07. The lowest BCUT2D eigenvalue weighted by atomic mass is 10.1. The second kappa shape index (κ2) is 5.00. The maximum absolute atomic E-state index is 13.7. The van der Waals surface area contributed by atoms with E-state index >= 15 is 0 Å². The molecule has 2 aromatic rings. The average Bonchev–Trinajstić information content (AvgIpc) is 2.75. The molecule has 0 aliphatic carbocycles. The number of aromatic nitrogens is 2. The number of benzene rings is 1. The van der Waals surface area contributed by atoms with Crippen LogP contribution in [0.4, 0.5) is 4.39 Å². The Bertz CT molecular complexity index is 577. The first-order valence-corrected chi connectivity index (χ1v) is 5.59. The first kappa shape index (κ1) is 12.3. The Hall–Kier alpha value is -2.17. The fourth-order valence-corrected chi connectivity index (χ4v) is 1.64. The summed E-state index contributed by atoms with van der Waals surface area (Å²) < 4.78 is 15.5. The van der Waals surface area contributed by atoms with Gasteiger partial charge < -0.3 is 9.88 Å². The molecule has 0 saturated carbocycles. The van der Waals surface area contributed by atoms with Gasteiger partial charge in [-0.2, -0.15) is 0 Å². The van der Waals surface area contributed by atoms with Crippen molar-refractivity contribution >= 4 is 5.91 Å². The van der Waals surface area contributed by atoms with Gasteiger partial charge in [0.2, 0.25) is 0 Å². The summed E-state index contributed by atoms with van der Waals surface area (Å²) in [4.78, 5) is 15.9. The van der Waals surface area contributed by atoms with Gasteiger partial charge in [0.05, 0.1) is 12.1 Å². The number of nitrogens with one attached hydrogen (secondary N) is 1. The van der Waals surface area contributed by atoms with Gasteiger partial charge in [-0.25, -0.2) is 9.37 Å². The van der Waals surface area contributed by atoms with Crippen molar-refractivity contribution in [2.45, 2.75) is 13.5 Å². The van der Waals surface area contributed by atoms with Gasteiger partial charge in [-0.15, -0.1) is 0 Å². The quantitative estimate of drug-likeness (QED) is 0.899. The van der Waals surface area contributed by atoms with Gasteiger partial charge >= 0.3 is 0 Å². The van der Waals surface area contributed by atoms with E-state index in [1.807, 2.05) is 7.05 Å². The summed E-state index contributed by atoms with van der Waals surface area (Å²) >= 11 is 0. The van der Waals surface area contributed by atoms with Gasteiger partial charge in [0.15, 0.2) is 0 Å². The number of amides is 1. The minimum atomic E-state index is -0.477. The van der Waals surface area contributed by atoms with Gasteiger partial charge in [-0.3, -0.25) is 4.79 Å². The third-order valence-electron chi connectivity index (χ3n) is 2.76. The second-order valence-corrected chi connectivity index (χ2v) is 4.07. The summed E-state index contributed by atoms with van der Waals surface area (Å²) in [5, 5.41) is 2.65. The SMILES string of the molecule is Cc1cccc(C(=O)NCc2nccn2C)c1F. The van der Waals surface area contributed by atoms with Gasteiger partial charge in [0.1, 0.15) is 11.6 Å². The van der Waals surface area contributed by atoms with Crippen molar-refractivity contribution in [1.29, 1.82) is 0 Å². The van der Waals surface area contributed by atoms with E-state index in [0.29, 0.717) is 5.56 Å². The molecule has 0 unspecified atom stereocenters. The number of imidazole rings is 1. The van der Waals surface area contributed by atoms with Gasteiger partial charge in [0, 0.05) is 19.4 Å². The fourth-order valence-electron chi connectivity index (χ4n) is 1.64. The molecule has 5 heteroatoms. The largest absolute Gasteiger partial charge is 0.345 e. The molecule has 0 fully saturated rings. The van der Waals surface area contributed by atoms with Crippen LogP contribution in [0.2, 0.25) is 0 Å². The lowest BCUT2D eigenvalue weighted by Crippen LogP contribution is -2.25. The number of carbonyl (C=O) groups excluding carboxylic acids is 1. The van der Waals surface area contributed by atoms with E-state index in [1.54, 1.807) is 36.0 Å². The first-order valence-electron chi connectivity index (χ1n) is 5.59. The maximum Gasteiger partial charge on any atom is 0.254 e. The summed E-state index contributed by atoms with van der Waals surface area (Å²) in [5.74, 6) is -0.189. The van der Waals surface area contributed by atoms with E-state index in [0.717, 1.165) is 5.82 Å². The molecule has 1 amide bonds. The first-order chi connectivity index (χ1) is 8.59. The Morgan fingerprint density at radius 3 is 2.94 bits per heavy atom. The zero-order valence-corrected chi connectivity index (χ0v) is 10.3. The second-order valence-electron chi connectivity index (χ2n) is 4.07. The van der Waals surface area contributed by atoms with E-state index in [9.17, 15) is 9.18 Å². The molecule has 2 rings (SSSR count). The van der Waals surface area contributed by atoms with E-state index in [-0.39, 0.29) is 12.1 Å². The highest BCUT2D eigenvalue weighted by Crippen LogP contribution is 2.11. The van der Waals surface area contributed by atoms with Crippen LogP contribution in [0, 0.1) is 12.7 Å². The van der Waals surface area contributed by atoms with Gasteiger partial charge in [-0.1, -0.05) is 12.1 Å². The van der Waals surface area contributed by atoms with Crippen LogP contribution in [0.1, 0.15) is 21.7 Å². The van der Waals surface area contributed by atoms with Crippen molar-refractivity contribution < 1.29 is 9.18 Å². The molecule has 94 valence electrons. The summed E-state index contributed by atoms with van der Waals surface area (Å²) in [6, 6.07) is 4.76. The smallest absolute Gasteiger partial charge is 0.254 e. The number of carbonyl (C=O) groups is 1. The molecule has 18 heavy (non-hydrogen) atoms. The minimum absolute atomic E-state index is 0.0595. The van der Waals surface area contributed by atoms with Crippen molar-refractivity contribution in [3.05, 3.63) is 53.4 Å². The van der Waals surface area contributed by atoms with E-state index in [2.05, 4.69) is 10.3 Å².